The fourth-order valence-corrected chi connectivity index (χ4v) is 7.88. The van der Waals surface area contributed by atoms with Gasteiger partial charge >= 0.3 is 5.97 Å². The number of esters is 1. The summed E-state index contributed by atoms with van der Waals surface area (Å²) in [5.41, 5.74) is 0.619. The molecule has 0 saturated heterocycles. The summed E-state index contributed by atoms with van der Waals surface area (Å²) in [5, 5.41) is 0. The number of carbonyl (C=O) groups excluding carboxylic acids is 2. The monoisotopic (exact) mass is 410 g/mol. The van der Waals surface area contributed by atoms with Gasteiger partial charge in [0, 0.05) is 18.3 Å². The van der Waals surface area contributed by atoms with E-state index in [0.29, 0.717) is 42.3 Å². The highest BCUT2D eigenvalue weighted by atomic mass is 16.6. The number of unbranched alkanes of at least 4 members (excludes halogenated alkanes) is 2. The van der Waals surface area contributed by atoms with Gasteiger partial charge in [-0.15, -0.1) is 6.42 Å². The fraction of sp³-hybridized carbons (Fsp3) is 0.778. The van der Waals surface area contributed by atoms with Crippen LogP contribution in [0.25, 0.3) is 0 Å². The highest BCUT2D eigenvalue weighted by Crippen LogP contribution is 2.67. The van der Waals surface area contributed by atoms with Crippen LogP contribution in [0.2, 0.25) is 0 Å². The van der Waals surface area contributed by atoms with E-state index in [-0.39, 0.29) is 11.4 Å². The SMILES string of the molecule is C#C[C@]1(OC(=O)CCCCC)CC[C@H]2[C@@H]3CCC4=CC(=O)CC[C@@H]4[C@H]3CC[C@@]21CC. The Kier molecular flexibility index (Phi) is 6.16. The number of hydrogen-bond acceptors (Lipinski definition) is 3. The Labute approximate surface area is 182 Å². The molecule has 0 heterocycles. The molecule has 0 spiro atoms. The van der Waals surface area contributed by atoms with E-state index >= 15 is 0 Å². The zero-order valence-electron chi connectivity index (χ0n) is 18.9. The van der Waals surface area contributed by atoms with Crippen LogP contribution in [0.5, 0.6) is 0 Å². The molecule has 0 aromatic rings. The third kappa shape index (κ3) is 3.35. The average Bonchev–Trinajstić information content (AvgIpc) is 3.08. The van der Waals surface area contributed by atoms with Crippen LogP contribution in [-0.4, -0.2) is 17.4 Å². The molecule has 0 bridgehead atoms. The maximum atomic E-state index is 12.7. The van der Waals surface area contributed by atoms with Crippen LogP contribution < -0.4 is 0 Å². The minimum absolute atomic E-state index is 0.0744. The summed E-state index contributed by atoms with van der Waals surface area (Å²) in [7, 11) is 0. The molecule has 164 valence electrons. The van der Waals surface area contributed by atoms with Crippen LogP contribution in [0, 0.1) is 41.4 Å². The van der Waals surface area contributed by atoms with Crippen molar-refractivity contribution in [2.45, 2.75) is 103 Å². The van der Waals surface area contributed by atoms with Crippen molar-refractivity contribution in [2.24, 2.45) is 29.1 Å². The second kappa shape index (κ2) is 8.52. The summed E-state index contributed by atoms with van der Waals surface area (Å²) in [5.74, 6) is 5.73. The van der Waals surface area contributed by atoms with Gasteiger partial charge in [-0.3, -0.25) is 9.59 Å². The lowest BCUT2D eigenvalue weighted by atomic mass is 9.49. The molecule has 0 unspecified atom stereocenters. The summed E-state index contributed by atoms with van der Waals surface area (Å²) >= 11 is 0. The number of allylic oxidation sites excluding steroid dienone is 1. The van der Waals surface area contributed by atoms with Crippen molar-refractivity contribution in [3.63, 3.8) is 0 Å². The lowest BCUT2D eigenvalue weighted by molar-refractivity contribution is -0.173. The number of ether oxygens (including phenoxy) is 1. The summed E-state index contributed by atoms with van der Waals surface area (Å²) in [4.78, 5) is 24.6. The van der Waals surface area contributed by atoms with Gasteiger partial charge in [-0.1, -0.05) is 38.2 Å². The van der Waals surface area contributed by atoms with E-state index in [9.17, 15) is 9.59 Å². The largest absolute Gasteiger partial charge is 0.445 e. The van der Waals surface area contributed by atoms with Gasteiger partial charge in [0.15, 0.2) is 11.4 Å². The van der Waals surface area contributed by atoms with E-state index in [1.807, 2.05) is 6.08 Å². The summed E-state index contributed by atoms with van der Waals surface area (Å²) in [6.45, 7) is 4.40. The first-order valence-corrected chi connectivity index (χ1v) is 12.4. The Hall–Kier alpha value is -1.56. The smallest absolute Gasteiger partial charge is 0.307 e. The van der Waals surface area contributed by atoms with Gasteiger partial charge in [-0.05, 0) is 87.5 Å². The Bertz CT molecular complexity index is 759. The van der Waals surface area contributed by atoms with Gasteiger partial charge in [-0.25, -0.2) is 0 Å². The van der Waals surface area contributed by atoms with Crippen molar-refractivity contribution < 1.29 is 14.3 Å². The molecule has 0 aromatic carbocycles. The molecule has 3 heteroatoms. The molecule has 3 nitrogen and oxygen atoms in total. The third-order valence-electron chi connectivity index (χ3n) is 9.26. The molecular weight excluding hydrogens is 372 g/mol. The lowest BCUT2D eigenvalue weighted by Crippen LogP contribution is -2.55. The molecule has 0 aromatic heterocycles. The molecule has 0 radical (unpaired) electrons. The predicted molar refractivity (Wildman–Crippen MR) is 119 cm³/mol. The van der Waals surface area contributed by atoms with Crippen molar-refractivity contribution in [2.75, 3.05) is 0 Å². The van der Waals surface area contributed by atoms with Crippen LogP contribution in [0.3, 0.4) is 0 Å². The third-order valence-corrected chi connectivity index (χ3v) is 9.26. The van der Waals surface area contributed by atoms with E-state index in [0.717, 1.165) is 70.6 Å². The topological polar surface area (TPSA) is 43.4 Å². The molecule has 4 aliphatic rings. The zero-order valence-corrected chi connectivity index (χ0v) is 18.9. The average molecular weight is 411 g/mol. The molecule has 3 saturated carbocycles. The van der Waals surface area contributed by atoms with Crippen LogP contribution in [0.1, 0.15) is 97.3 Å². The van der Waals surface area contributed by atoms with Gasteiger partial charge < -0.3 is 4.74 Å². The summed E-state index contributed by atoms with van der Waals surface area (Å²) < 4.78 is 6.23. The number of fused-ring (bicyclic) bond motifs is 5. The molecule has 4 rings (SSSR count). The molecule has 30 heavy (non-hydrogen) atoms. The molecule has 0 aliphatic heterocycles. The van der Waals surface area contributed by atoms with Crippen molar-refractivity contribution in [1.29, 1.82) is 0 Å². The van der Waals surface area contributed by atoms with E-state index in [4.69, 9.17) is 11.2 Å². The van der Waals surface area contributed by atoms with Gasteiger partial charge in [-0.2, -0.15) is 0 Å². The highest BCUT2D eigenvalue weighted by molar-refractivity contribution is 5.91. The van der Waals surface area contributed by atoms with Gasteiger partial charge in [0.2, 0.25) is 0 Å². The van der Waals surface area contributed by atoms with Crippen LogP contribution in [-0.2, 0) is 14.3 Å². The van der Waals surface area contributed by atoms with Gasteiger partial charge in [0.1, 0.15) is 0 Å². The summed E-state index contributed by atoms with van der Waals surface area (Å²) in [6, 6.07) is 0. The number of terminal acetylenes is 1. The van der Waals surface area contributed by atoms with Crippen molar-refractivity contribution >= 4 is 11.8 Å². The fourth-order valence-electron chi connectivity index (χ4n) is 7.88. The van der Waals surface area contributed by atoms with Crippen LogP contribution >= 0.6 is 0 Å². The highest BCUT2D eigenvalue weighted by Gasteiger charge is 2.65. The van der Waals surface area contributed by atoms with Crippen LogP contribution in [0.4, 0.5) is 0 Å². The first-order chi connectivity index (χ1) is 14.5. The quantitative estimate of drug-likeness (QED) is 0.306. The Balaban J connectivity index is 1.57. The molecule has 0 amide bonds. The standard InChI is InChI=1S/C27H38O3/c1-4-7-8-9-25(29)30-27(6-3)17-15-24-23-12-10-19-18-20(28)11-13-21(19)22(23)14-16-26(24,27)5-2/h3,18,21-24H,4-5,7-17H2,1-2H3/t21-,22+,23+,24-,26-,27-/m0/s1. The molecule has 3 fully saturated rings. The predicted octanol–water partition coefficient (Wildman–Crippen LogP) is 6.01. The summed E-state index contributed by atoms with van der Waals surface area (Å²) in [6.07, 6.45) is 20.7. The number of ketones is 1. The zero-order chi connectivity index (χ0) is 21.4. The molecular formula is C27H38O3. The minimum Gasteiger partial charge on any atom is -0.445 e. The maximum Gasteiger partial charge on any atom is 0.307 e. The van der Waals surface area contributed by atoms with Gasteiger partial charge in [0.05, 0.1) is 0 Å². The second-order valence-electron chi connectivity index (χ2n) is 10.3. The van der Waals surface area contributed by atoms with Crippen molar-refractivity contribution in [3.05, 3.63) is 11.6 Å². The molecule has 0 N–H and O–H groups in total. The first kappa shape index (κ1) is 21.7. The maximum absolute atomic E-state index is 12.7. The molecule has 4 aliphatic carbocycles. The van der Waals surface area contributed by atoms with E-state index in [2.05, 4.69) is 19.8 Å². The van der Waals surface area contributed by atoms with Gasteiger partial charge in [0.25, 0.3) is 0 Å². The number of rotatable bonds is 6. The van der Waals surface area contributed by atoms with E-state index in [1.165, 1.54) is 5.57 Å². The minimum atomic E-state index is -0.723. The first-order valence-electron chi connectivity index (χ1n) is 12.4. The Morgan fingerprint density at radius 3 is 2.70 bits per heavy atom. The van der Waals surface area contributed by atoms with E-state index < -0.39 is 5.60 Å². The second-order valence-corrected chi connectivity index (χ2v) is 10.3. The van der Waals surface area contributed by atoms with Crippen molar-refractivity contribution in [3.8, 4) is 12.3 Å². The molecule has 6 atom stereocenters. The lowest BCUT2D eigenvalue weighted by Gasteiger charge is -2.56. The van der Waals surface area contributed by atoms with Crippen molar-refractivity contribution in [1.82, 2.24) is 0 Å². The van der Waals surface area contributed by atoms with Crippen LogP contribution in [0.15, 0.2) is 11.6 Å². The number of carbonyl (C=O) groups is 2. The number of hydrogen-bond donors (Lipinski definition) is 0. The Morgan fingerprint density at radius 2 is 1.97 bits per heavy atom. The normalized spacial score (nSPS) is 39.9. The van der Waals surface area contributed by atoms with E-state index in [1.54, 1.807) is 0 Å². The Morgan fingerprint density at radius 1 is 1.13 bits per heavy atom.